The maximum absolute atomic E-state index is 12.3. The van der Waals surface area contributed by atoms with Gasteiger partial charge in [-0.15, -0.1) is 12.4 Å². The predicted molar refractivity (Wildman–Crippen MR) is 95.1 cm³/mol. The molecular weight excluding hydrogens is 396 g/mol. The fraction of sp³-hybridized carbons (Fsp3) is 0.438. The van der Waals surface area contributed by atoms with Gasteiger partial charge in [-0.3, -0.25) is 4.79 Å². The maximum atomic E-state index is 12.3. The van der Waals surface area contributed by atoms with Gasteiger partial charge in [0.25, 0.3) is 0 Å². The number of carbonyl (C=O) groups is 1. The summed E-state index contributed by atoms with van der Waals surface area (Å²) in [5.41, 5.74) is 6.67. The molecule has 2 aromatic rings. The Morgan fingerprint density at radius 2 is 2.17 bits per heavy atom. The van der Waals surface area contributed by atoms with Gasteiger partial charge >= 0.3 is 0 Å². The number of nitrogens with two attached hydrogens (primary N) is 1. The van der Waals surface area contributed by atoms with Crippen LogP contribution < -0.4 is 10.6 Å². The molecule has 2 N–H and O–H groups in total. The number of anilines is 1. The van der Waals surface area contributed by atoms with Gasteiger partial charge in [-0.05, 0) is 37.5 Å². The van der Waals surface area contributed by atoms with Crippen molar-refractivity contribution < 1.29 is 9.32 Å². The fourth-order valence-electron chi connectivity index (χ4n) is 3.15. The lowest BCUT2D eigenvalue weighted by Crippen LogP contribution is -2.44. The van der Waals surface area contributed by atoms with Crippen LogP contribution in [0.3, 0.4) is 0 Å². The lowest BCUT2D eigenvalue weighted by Gasteiger charge is -2.34. The van der Waals surface area contributed by atoms with Crippen LogP contribution in [-0.2, 0) is 10.3 Å². The van der Waals surface area contributed by atoms with Gasteiger partial charge in [-0.1, -0.05) is 27.2 Å². The standard InChI is InChI=1S/C16H17BrN4O2.ClH/c17-11-3-1-4-12(8-11)21-9-10(7-13(21)22)14-19-15(20-23-14)16(18)5-2-6-16;/h1,3-4,8,10H,2,5-7,9,18H2;1H. The third kappa shape index (κ3) is 2.96. The molecule has 2 aliphatic rings. The van der Waals surface area contributed by atoms with Gasteiger partial charge in [0.1, 0.15) is 0 Å². The van der Waals surface area contributed by atoms with Gasteiger partial charge in [0.05, 0.1) is 11.5 Å². The Morgan fingerprint density at radius 3 is 2.83 bits per heavy atom. The zero-order chi connectivity index (χ0) is 16.0. The molecule has 6 nitrogen and oxygen atoms in total. The van der Waals surface area contributed by atoms with E-state index >= 15 is 0 Å². The Hall–Kier alpha value is -1.44. The van der Waals surface area contributed by atoms with E-state index in [0.717, 1.165) is 29.4 Å². The topological polar surface area (TPSA) is 85.2 Å². The molecule has 1 amide bonds. The Balaban J connectivity index is 0.00000169. The van der Waals surface area contributed by atoms with Crippen molar-refractivity contribution in [1.29, 1.82) is 0 Å². The quantitative estimate of drug-likeness (QED) is 0.835. The van der Waals surface area contributed by atoms with Crippen LogP contribution in [0.4, 0.5) is 5.69 Å². The van der Waals surface area contributed by atoms with Gasteiger partial charge < -0.3 is 15.2 Å². The number of carbonyl (C=O) groups excluding carboxylic acids is 1. The molecule has 1 aliphatic heterocycles. The Morgan fingerprint density at radius 1 is 1.38 bits per heavy atom. The third-order valence-corrected chi connectivity index (χ3v) is 5.22. The van der Waals surface area contributed by atoms with Crippen molar-refractivity contribution in [1.82, 2.24) is 10.1 Å². The molecule has 24 heavy (non-hydrogen) atoms. The van der Waals surface area contributed by atoms with Crippen molar-refractivity contribution in [2.24, 2.45) is 5.73 Å². The van der Waals surface area contributed by atoms with Crippen molar-refractivity contribution in [3.05, 3.63) is 40.5 Å². The summed E-state index contributed by atoms with van der Waals surface area (Å²) >= 11 is 3.44. The monoisotopic (exact) mass is 412 g/mol. The molecule has 1 aromatic heterocycles. The van der Waals surface area contributed by atoms with Crippen LogP contribution in [0, 0.1) is 0 Å². The van der Waals surface area contributed by atoms with E-state index in [2.05, 4.69) is 26.1 Å². The number of halogens is 2. The first kappa shape index (κ1) is 17.4. The Labute approximate surface area is 154 Å². The highest BCUT2D eigenvalue weighted by atomic mass is 79.9. The largest absolute Gasteiger partial charge is 0.339 e. The first-order valence-corrected chi connectivity index (χ1v) is 8.53. The lowest BCUT2D eigenvalue weighted by molar-refractivity contribution is -0.117. The van der Waals surface area contributed by atoms with Gasteiger partial charge in [0.2, 0.25) is 11.8 Å². The fourth-order valence-corrected chi connectivity index (χ4v) is 3.54. The number of aromatic nitrogens is 2. The van der Waals surface area contributed by atoms with Crippen molar-refractivity contribution >= 4 is 39.9 Å². The Bertz CT molecular complexity index is 762. The van der Waals surface area contributed by atoms with Crippen LogP contribution in [-0.4, -0.2) is 22.6 Å². The highest BCUT2D eigenvalue weighted by Crippen LogP contribution is 2.38. The van der Waals surface area contributed by atoms with Gasteiger partial charge in [0.15, 0.2) is 5.82 Å². The number of amides is 1. The minimum atomic E-state index is -0.436. The molecule has 0 bridgehead atoms. The van der Waals surface area contributed by atoms with E-state index < -0.39 is 5.54 Å². The van der Waals surface area contributed by atoms with E-state index in [4.69, 9.17) is 10.3 Å². The van der Waals surface area contributed by atoms with Crippen LogP contribution >= 0.6 is 28.3 Å². The first-order valence-electron chi connectivity index (χ1n) is 7.74. The average Bonchev–Trinajstić information content (AvgIpc) is 3.11. The molecule has 1 atom stereocenters. The lowest BCUT2D eigenvalue weighted by atomic mass is 9.77. The summed E-state index contributed by atoms with van der Waals surface area (Å²) in [5.74, 6) is 1.08. The Kier molecular flexibility index (Phi) is 4.68. The van der Waals surface area contributed by atoms with E-state index in [0.29, 0.717) is 24.7 Å². The summed E-state index contributed by atoms with van der Waals surface area (Å²) in [4.78, 5) is 18.6. The smallest absolute Gasteiger partial charge is 0.232 e. The second-order valence-corrected chi connectivity index (χ2v) is 7.27. The normalized spacial score (nSPS) is 22.2. The minimum Gasteiger partial charge on any atom is -0.339 e. The van der Waals surface area contributed by atoms with Crippen molar-refractivity contribution in [2.75, 3.05) is 11.4 Å². The van der Waals surface area contributed by atoms with Crippen LogP contribution in [0.5, 0.6) is 0 Å². The molecule has 0 spiro atoms. The second kappa shape index (κ2) is 6.46. The van der Waals surface area contributed by atoms with E-state index in [-0.39, 0.29) is 24.2 Å². The molecule has 1 unspecified atom stereocenters. The number of hydrogen-bond donors (Lipinski definition) is 1. The summed E-state index contributed by atoms with van der Waals surface area (Å²) in [6, 6.07) is 7.71. The zero-order valence-electron chi connectivity index (χ0n) is 12.9. The van der Waals surface area contributed by atoms with Gasteiger partial charge in [-0.25, -0.2) is 0 Å². The van der Waals surface area contributed by atoms with Crippen LogP contribution in [0.2, 0.25) is 0 Å². The van der Waals surface area contributed by atoms with Crippen molar-refractivity contribution in [2.45, 2.75) is 37.1 Å². The molecule has 2 heterocycles. The summed E-state index contributed by atoms with van der Waals surface area (Å²) in [7, 11) is 0. The molecular formula is C16H18BrClN4O2. The van der Waals surface area contributed by atoms with E-state index in [1.807, 2.05) is 24.3 Å². The van der Waals surface area contributed by atoms with Gasteiger partial charge in [-0.2, -0.15) is 4.98 Å². The molecule has 1 aliphatic carbocycles. The molecule has 8 heteroatoms. The summed E-state index contributed by atoms with van der Waals surface area (Å²) in [6.07, 6.45) is 3.25. The van der Waals surface area contributed by atoms with Crippen LogP contribution in [0.1, 0.15) is 43.3 Å². The van der Waals surface area contributed by atoms with Crippen LogP contribution in [0.15, 0.2) is 33.3 Å². The van der Waals surface area contributed by atoms with E-state index in [1.165, 1.54) is 0 Å². The van der Waals surface area contributed by atoms with Crippen molar-refractivity contribution in [3.63, 3.8) is 0 Å². The molecule has 4 rings (SSSR count). The minimum absolute atomic E-state index is 0. The maximum Gasteiger partial charge on any atom is 0.232 e. The van der Waals surface area contributed by atoms with E-state index in [9.17, 15) is 4.79 Å². The predicted octanol–water partition coefficient (Wildman–Crippen LogP) is 3.11. The average molecular weight is 414 g/mol. The highest BCUT2D eigenvalue weighted by molar-refractivity contribution is 9.10. The number of benzene rings is 1. The molecule has 1 aromatic carbocycles. The number of rotatable bonds is 3. The SMILES string of the molecule is Cl.NC1(c2noc(C3CC(=O)N(c4cccc(Br)c4)C3)n2)CCC1. The van der Waals surface area contributed by atoms with Gasteiger partial charge in [0, 0.05) is 23.1 Å². The molecule has 2 fully saturated rings. The molecule has 1 saturated carbocycles. The van der Waals surface area contributed by atoms with E-state index in [1.54, 1.807) is 4.90 Å². The number of hydrogen-bond acceptors (Lipinski definition) is 5. The molecule has 0 radical (unpaired) electrons. The summed E-state index contributed by atoms with van der Waals surface area (Å²) < 4.78 is 6.34. The highest BCUT2D eigenvalue weighted by Gasteiger charge is 2.41. The summed E-state index contributed by atoms with van der Waals surface area (Å²) in [5, 5.41) is 4.04. The zero-order valence-corrected chi connectivity index (χ0v) is 15.3. The second-order valence-electron chi connectivity index (χ2n) is 6.35. The number of nitrogens with zero attached hydrogens (tertiary/aromatic N) is 3. The summed E-state index contributed by atoms with van der Waals surface area (Å²) in [6.45, 7) is 0.550. The van der Waals surface area contributed by atoms with Crippen LogP contribution in [0.25, 0.3) is 0 Å². The third-order valence-electron chi connectivity index (χ3n) is 4.73. The molecule has 1 saturated heterocycles. The van der Waals surface area contributed by atoms with Crippen molar-refractivity contribution in [3.8, 4) is 0 Å². The molecule has 128 valence electrons. The first-order chi connectivity index (χ1) is 11.0.